The largest absolute Gasteiger partial charge is 0.490 e. The number of alkyl halides is 3. The van der Waals surface area contributed by atoms with Gasteiger partial charge in [0.15, 0.2) is 0 Å². The Morgan fingerprint density at radius 2 is 1.86 bits per heavy atom. The fourth-order valence-corrected chi connectivity index (χ4v) is 3.07. The summed E-state index contributed by atoms with van der Waals surface area (Å²) in [5.74, 6) is 0.636. The van der Waals surface area contributed by atoms with Gasteiger partial charge in [-0.15, -0.1) is 0 Å². The zero-order valence-electron chi connectivity index (χ0n) is 11.8. The minimum Gasteiger partial charge on any atom is -0.490 e. The Bertz CT molecular complexity index is 577. The lowest BCUT2D eigenvalue weighted by Crippen LogP contribution is -2.34. The molecule has 1 saturated carbocycles. The van der Waals surface area contributed by atoms with E-state index in [2.05, 4.69) is 0 Å². The van der Waals surface area contributed by atoms with E-state index in [1.165, 1.54) is 18.6 Å². The second-order valence-electron chi connectivity index (χ2n) is 5.64. The summed E-state index contributed by atoms with van der Waals surface area (Å²) in [5.41, 5.74) is 0.513. The van der Waals surface area contributed by atoms with E-state index in [-0.39, 0.29) is 16.9 Å². The third-order valence-corrected chi connectivity index (χ3v) is 4.20. The molecule has 1 aliphatic heterocycles. The predicted octanol–water partition coefficient (Wildman–Crippen LogP) is 5.39. The lowest BCUT2D eigenvalue weighted by Gasteiger charge is -2.26. The van der Waals surface area contributed by atoms with Crippen LogP contribution < -0.4 is 9.47 Å². The van der Waals surface area contributed by atoms with Gasteiger partial charge in [-0.3, -0.25) is 0 Å². The first-order chi connectivity index (χ1) is 10.4. The monoisotopic (exact) mass is 332 g/mol. The minimum absolute atomic E-state index is 0.0579. The molecule has 0 spiro atoms. The molecule has 0 N–H and O–H groups in total. The van der Waals surface area contributed by atoms with Crippen LogP contribution in [0.15, 0.2) is 18.2 Å². The van der Waals surface area contributed by atoms with Crippen LogP contribution in [0, 0.1) is 0 Å². The Balaban J connectivity index is 1.80. The number of rotatable bonds is 2. The van der Waals surface area contributed by atoms with E-state index < -0.39 is 12.3 Å². The molecule has 2 nitrogen and oxygen atoms in total. The molecule has 1 unspecified atom stereocenters. The minimum atomic E-state index is -4.45. The summed E-state index contributed by atoms with van der Waals surface area (Å²) in [6.07, 6.45) is 1.62. The Morgan fingerprint density at radius 1 is 1.14 bits per heavy atom. The van der Waals surface area contributed by atoms with Crippen LogP contribution in [-0.4, -0.2) is 18.4 Å². The highest BCUT2D eigenvalue weighted by Gasteiger charge is 2.42. The van der Waals surface area contributed by atoms with Crippen LogP contribution in [0.4, 0.5) is 13.2 Å². The molecule has 22 heavy (non-hydrogen) atoms. The van der Waals surface area contributed by atoms with E-state index in [9.17, 15) is 13.2 Å². The van der Waals surface area contributed by atoms with Gasteiger partial charge in [-0.1, -0.05) is 24.1 Å². The highest BCUT2D eigenvalue weighted by molar-refractivity contribution is 6.32. The van der Waals surface area contributed by atoms with Gasteiger partial charge in [0, 0.05) is 11.6 Å². The molecule has 0 aromatic heterocycles. The Kier molecular flexibility index (Phi) is 4.26. The van der Waals surface area contributed by atoms with Gasteiger partial charge in [-0.2, -0.15) is 13.2 Å². The van der Waals surface area contributed by atoms with E-state index in [0.717, 1.165) is 31.8 Å². The second-order valence-corrected chi connectivity index (χ2v) is 6.05. The van der Waals surface area contributed by atoms with Crippen molar-refractivity contribution in [2.24, 2.45) is 0 Å². The van der Waals surface area contributed by atoms with Crippen molar-refractivity contribution in [1.29, 1.82) is 0 Å². The van der Waals surface area contributed by atoms with Crippen molar-refractivity contribution in [2.45, 2.75) is 50.5 Å². The topological polar surface area (TPSA) is 18.5 Å². The van der Waals surface area contributed by atoms with Crippen LogP contribution in [0.1, 0.15) is 37.7 Å². The normalized spacial score (nSPS) is 22.1. The van der Waals surface area contributed by atoms with Crippen LogP contribution in [-0.2, 0) is 0 Å². The van der Waals surface area contributed by atoms with Gasteiger partial charge in [0.25, 0.3) is 0 Å². The van der Waals surface area contributed by atoms with Crippen LogP contribution >= 0.6 is 11.6 Å². The third-order valence-electron chi connectivity index (χ3n) is 3.92. The first-order valence-electron chi connectivity index (χ1n) is 7.35. The van der Waals surface area contributed by atoms with Gasteiger partial charge >= 0.3 is 6.18 Å². The van der Waals surface area contributed by atoms with Crippen LogP contribution in [0.2, 0.25) is 5.02 Å². The zero-order chi connectivity index (χ0) is 15.7. The maximum Gasteiger partial charge on any atom is 0.429 e. The van der Waals surface area contributed by atoms with Gasteiger partial charge in [-0.25, -0.2) is 0 Å². The molecule has 1 aromatic rings. The lowest BCUT2D eigenvalue weighted by molar-refractivity contribution is -0.180. The number of halogens is 4. The molecule has 1 fully saturated rings. The van der Waals surface area contributed by atoms with Gasteiger partial charge in [0.05, 0.1) is 11.1 Å². The molecule has 120 valence electrons. The molecule has 0 radical (unpaired) electrons. The molecule has 2 aliphatic rings. The molecule has 0 bridgehead atoms. The summed E-state index contributed by atoms with van der Waals surface area (Å²) >= 11 is 6.07. The summed E-state index contributed by atoms with van der Waals surface area (Å²) < 4.78 is 49.0. The third kappa shape index (κ3) is 3.35. The quantitative estimate of drug-likeness (QED) is 0.723. The fraction of sp³-hybridized carbons (Fsp3) is 0.500. The SMILES string of the molecule is FC(F)(F)C1C=Cc2cc(OC3CCCCC3)cc(Cl)c2O1. The molecule has 1 heterocycles. The number of ether oxygens (including phenoxy) is 2. The summed E-state index contributed by atoms with van der Waals surface area (Å²) in [5, 5.41) is 0.141. The van der Waals surface area contributed by atoms with E-state index >= 15 is 0 Å². The van der Waals surface area contributed by atoms with Gasteiger partial charge in [0.1, 0.15) is 11.5 Å². The molecular weight excluding hydrogens is 317 g/mol. The van der Waals surface area contributed by atoms with Crippen molar-refractivity contribution in [3.8, 4) is 11.5 Å². The Morgan fingerprint density at radius 3 is 2.55 bits per heavy atom. The first-order valence-corrected chi connectivity index (χ1v) is 7.73. The number of fused-ring (bicyclic) bond motifs is 1. The first kappa shape index (κ1) is 15.5. The summed E-state index contributed by atoms with van der Waals surface area (Å²) in [4.78, 5) is 0. The zero-order valence-corrected chi connectivity index (χ0v) is 12.6. The highest BCUT2D eigenvalue weighted by atomic mass is 35.5. The van der Waals surface area contributed by atoms with E-state index in [4.69, 9.17) is 21.1 Å². The Hall–Kier alpha value is -1.36. The predicted molar refractivity (Wildman–Crippen MR) is 78.5 cm³/mol. The molecule has 6 heteroatoms. The van der Waals surface area contributed by atoms with Gasteiger partial charge < -0.3 is 9.47 Å². The standard InChI is InChI=1S/C16H16ClF3O2/c17-13-9-12(21-11-4-2-1-3-5-11)8-10-6-7-14(16(18,19)20)22-15(10)13/h6-9,11,14H,1-5H2. The van der Waals surface area contributed by atoms with Crippen molar-refractivity contribution in [2.75, 3.05) is 0 Å². The molecule has 3 rings (SSSR count). The molecule has 1 atom stereocenters. The van der Waals surface area contributed by atoms with Gasteiger partial charge in [0.2, 0.25) is 6.10 Å². The molecule has 0 saturated heterocycles. The number of benzene rings is 1. The highest BCUT2D eigenvalue weighted by Crippen LogP contribution is 2.40. The summed E-state index contributed by atoms with van der Waals surface area (Å²) in [6.45, 7) is 0. The second kappa shape index (κ2) is 6.03. The molecular formula is C16H16ClF3O2. The Labute approximate surface area is 131 Å². The maximum atomic E-state index is 12.7. The average molecular weight is 333 g/mol. The number of hydrogen-bond acceptors (Lipinski definition) is 2. The van der Waals surface area contributed by atoms with E-state index in [1.54, 1.807) is 6.07 Å². The smallest absolute Gasteiger partial charge is 0.429 e. The van der Waals surface area contributed by atoms with Crippen molar-refractivity contribution >= 4 is 17.7 Å². The fourth-order valence-electron chi connectivity index (χ4n) is 2.81. The van der Waals surface area contributed by atoms with Crippen molar-refractivity contribution in [1.82, 2.24) is 0 Å². The molecule has 1 aliphatic carbocycles. The van der Waals surface area contributed by atoms with Crippen molar-refractivity contribution < 1.29 is 22.6 Å². The van der Waals surface area contributed by atoms with Crippen molar-refractivity contribution in [3.63, 3.8) is 0 Å². The number of hydrogen-bond donors (Lipinski definition) is 0. The summed E-state index contributed by atoms with van der Waals surface area (Å²) in [7, 11) is 0. The maximum absolute atomic E-state index is 12.7. The molecule has 0 amide bonds. The van der Waals surface area contributed by atoms with Gasteiger partial charge in [-0.05, 0) is 37.8 Å². The van der Waals surface area contributed by atoms with E-state index in [1.807, 2.05) is 0 Å². The van der Waals surface area contributed by atoms with Crippen LogP contribution in [0.5, 0.6) is 11.5 Å². The summed E-state index contributed by atoms with van der Waals surface area (Å²) in [6, 6.07) is 3.21. The lowest BCUT2D eigenvalue weighted by atomic mass is 9.98. The van der Waals surface area contributed by atoms with Crippen LogP contribution in [0.3, 0.4) is 0 Å². The molecule has 1 aromatic carbocycles. The van der Waals surface area contributed by atoms with Crippen LogP contribution in [0.25, 0.3) is 6.08 Å². The van der Waals surface area contributed by atoms with E-state index in [0.29, 0.717) is 11.3 Å². The van der Waals surface area contributed by atoms with Crippen molar-refractivity contribution in [3.05, 3.63) is 28.8 Å². The average Bonchev–Trinajstić information content (AvgIpc) is 2.47.